The first kappa shape index (κ1) is 25.5. The number of carbonyl (C=O) groups is 2. The Balaban J connectivity index is 1.31. The third kappa shape index (κ3) is 6.03. The highest BCUT2D eigenvalue weighted by atomic mass is 16.5. The quantitative estimate of drug-likeness (QED) is 0.391. The van der Waals surface area contributed by atoms with Crippen LogP contribution in [-0.4, -0.2) is 23.4 Å². The Morgan fingerprint density at radius 1 is 1.05 bits per heavy atom. The summed E-state index contributed by atoms with van der Waals surface area (Å²) in [5, 5.41) is 5.83. The van der Waals surface area contributed by atoms with E-state index in [0.29, 0.717) is 40.9 Å². The Labute approximate surface area is 222 Å². The lowest BCUT2D eigenvalue weighted by atomic mass is 9.86. The number of hydrogen-bond donors (Lipinski definition) is 3. The number of ether oxygens (including phenoxy) is 2. The predicted molar refractivity (Wildman–Crippen MR) is 147 cm³/mol. The van der Waals surface area contributed by atoms with E-state index in [0.717, 1.165) is 29.5 Å². The van der Waals surface area contributed by atoms with Gasteiger partial charge in [0.2, 0.25) is 5.91 Å². The SMILES string of the molecule is CC(C)(C)c1cc(CN)cc(NC(=O)C2=Cc3cc(Oc4ccnc(NC(=O)C5CC5)c4)ccc3OC2)c1. The van der Waals surface area contributed by atoms with Crippen molar-refractivity contribution in [1.29, 1.82) is 0 Å². The summed E-state index contributed by atoms with van der Waals surface area (Å²) in [4.78, 5) is 29.4. The van der Waals surface area contributed by atoms with Crippen molar-refractivity contribution in [2.45, 2.75) is 45.6 Å². The molecule has 1 aromatic heterocycles. The summed E-state index contributed by atoms with van der Waals surface area (Å²) >= 11 is 0. The zero-order valence-electron chi connectivity index (χ0n) is 21.8. The zero-order chi connectivity index (χ0) is 26.9. The molecular formula is C30H32N4O4. The van der Waals surface area contributed by atoms with Gasteiger partial charge < -0.3 is 25.8 Å². The molecule has 0 saturated heterocycles. The van der Waals surface area contributed by atoms with Gasteiger partial charge in [0.15, 0.2) is 0 Å². The number of benzene rings is 2. The second-order valence-corrected chi connectivity index (χ2v) is 10.7. The molecule has 2 aromatic carbocycles. The standard InChI is InChI=1S/C30H32N4O4/c1-30(2,3)22-10-18(16-31)11-23(14-22)33-29(36)21-12-20-13-24(6-7-26(20)37-17-21)38-25-8-9-32-27(15-25)34-28(35)19-4-5-19/h6-15,19H,4-5,16-17,31H2,1-3H3,(H,33,36)(H,32,34,35). The molecule has 0 radical (unpaired) electrons. The molecule has 38 heavy (non-hydrogen) atoms. The van der Waals surface area contributed by atoms with Gasteiger partial charge in [-0.1, -0.05) is 26.8 Å². The van der Waals surface area contributed by atoms with E-state index in [1.54, 1.807) is 24.4 Å². The molecule has 5 rings (SSSR count). The van der Waals surface area contributed by atoms with Crippen molar-refractivity contribution in [3.63, 3.8) is 0 Å². The fraction of sp³-hybridized carbons (Fsp3) is 0.300. The molecule has 1 saturated carbocycles. The van der Waals surface area contributed by atoms with Crippen LogP contribution in [0.5, 0.6) is 17.2 Å². The Bertz CT molecular complexity index is 1420. The van der Waals surface area contributed by atoms with Gasteiger partial charge in [-0.25, -0.2) is 4.98 Å². The molecule has 2 aliphatic rings. The number of nitrogens with two attached hydrogens (primary N) is 1. The van der Waals surface area contributed by atoms with Crippen LogP contribution in [-0.2, 0) is 21.5 Å². The number of rotatable bonds is 7. The first-order valence-corrected chi connectivity index (χ1v) is 12.8. The minimum Gasteiger partial charge on any atom is -0.488 e. The largest absolute Gasteiger partial charge is 0.488 e. The first-order chi connectivity index (χ1) is 18.2. The third-order valence-electron chi connectivity index (χ3n) is 6.50. The lowest BCUT2D eigenvalue weighted by molar-refractivity contribution is -0.117. The van der Waals surface area contributed by atoms with Crippen LogP contribution in [0.15, 0.2) is 60.3 Å². The van der Waals surface area contributed by atoms with Crippen LogP contribution < -0.4 is 25.8 Å². The van der Waals surface area contributed by atoms with E-state index >= 15 is 0 Å². The van der Waals surface area contributed by atoms with Crippen molar-refractivity contribution in [1.82, 2.24) is 4.98 Å². The monoisotopic (exact) mass is 512 g/mol. The molecule has 3 aromatic rings. The first-order valence-electron chi connectivity index (χ1n) is 12.8. The summed E-state index contributed by atoms with van der Waals surface area (Å²) < 4.78 is 11.9. The average Bonchev–Trinajstić information content (AvgIpc) is 3.73. The zero-order valence-corrected chi connectivity index (χ0v) is 21.8. The van der Waals surface area contributed by atoms with E-state index in [-0.39, 0.29) is 29.8 Å². The van der Waals surface area contributed by atoms with E-state index in [1.165, 1.54) is 0 Å². The Morgan fingerprint density at radius 3 is 2.58 bits per heavy atom. The van der Waals surface area contributed by atoms with Crippen molar-refractivity contribution in [3.05, 3.63) is 77.0 Å². The topological polar surface area (TPSA) is 116 Å². The lowest BCUT2D eigenvalue weighted by Gasteiger charge is -2.22. The summed E-state index contributed by atoms with van der Waals surface area (Å²) in [6.45, 7) is 6.93. The summed E-state index contributed by atoms with van der Waals surface area (Å²) in [6.07, 6.45) is 5.24. The maximum Gasteiger partial charge on any atom is 0.255 e. The van der Waals surface area contributed by atoms with Crippen LogP contribution >= 0.6 is 0 Å². The van der Waals surface area contributed by atoms with Crippen LogP contribution in [0.3, 0.4) is 0 Å². The van der Waals surface area contributed by atoms with Crippen molar-refractivity contribution < 1.29 is 19.1 Å². The van der Waals surface area contributed by atoms with Gasteiger partial charge >= 0.3 is 0 Å². The number of fused-ring (bicyclic) bond motifs is 1. The minimum atomic E-state index is -0.235. The summed E-state index contributed by atoms with van der Waals surface area (Å²) in [7, 11) is 0. The normalized spacial score (nSPS) is 14.6. The summed E-state index contributed by atoms with van der Waals surface area (Å²) in [6, 6.07) is 14.8. The van der Waals surface area contributed by atoms with Crippen molar-refractivity contribution in [2.24, 2.45) is 11.7 Å². The highest BCUT2D eigenvalue weighted by molar-refractivity contribution is 6.07. The molecule has 2 amide bonds. The molecule has 196 valence electrons. The molecule has 1 aliphatic carbocycles. The maximum atomic E-state index is 13.1. The molecule has 0 spiro atoms. The van der Waals surface area contributed by atoms with Gasteiger partial charge in [0.1, 0.15) is 29.7 Å². The minimum absolute atomic E-state index is 0.0130. The van der Waals surface area contributed by atoms with Crippen molar-refractivity contribution in [2.75, 3.05) is 17.2 Å². The van der Waals surface area contributed by atoms with Crippen LogP contribution in [0, 0.1) is 5.92 Å². The van der Waals surface area contributed by atoms with E-state index in [9.17, 15) is 9.59 Å². The molecule has 8 nitrogen and oxygen atoms in total. The number of aromatic nitrogens is 1. The lowest BCUT2D eigenvalue weighted by Crippen LogP contribution is -2.22. The number of nitrogens with zero attached hydrogens (tertiary/aromatic N) is 1. The second kappa shape index (κ2) is 10.3. The molecule has 1 fully saturated rings. The van der Waals surface area contributed by atoms with Gasteiger partial charge in [-0.15, -0.1) is 0 Å². The fourth-order valence-electron chi connectivity index (χ4n) is 4.13. The molecule has 4 N–H and O–H groups in total. The number of hydrogen-bond acceptors (Lipinski definition) is 6. The van der Waals surface area contributed by atoms with Crippen LogP contribution in [0.25, 0.3) is 6.08 Å². The number of nitrogens with one attached hydrogen (secondary N) is 2. The number of anilines is 2. The smallest absolute Gasteiger partial charge is 0.255 e. The van der Waals surface area contributed by atoms with E-state index in [2.05, 4.69) is 42.5 Å². The Hall–Kier alpha value is -4.17. The molecular weight excluding hydrogens is 480 g/mol. The van der Waals surface area contributed by atoms with Crippen LogP contribution in [0.1, 0.15) is 50.3 Å². The van der Waals surface area contributed by atoms with Crippen LogP contribution in [0.4, 0.5) is 11.5 Å². The van der Waals surface area contributed by atoms with Gasteiger partial charge in [-0.2, -0.15) is 0 Å². The number of pyridine rings is 1. The Kier molecular flexibility index (Phi) is 6.91. The summed E-state index contributed by atoms with van der Waals surface area (Å²) in [5.74, 6) is 2.07. The van der Waals surface area contributed by atoms with Crippen molar-refractivity contribution in [3.8, 4) is 17.2 Å². The molecule has 0 unspecified atom stereocenters. The predicted octanol–water partition coefficient (Wildman–Crippen LogP) is 5.39. The highest BCUT2D eigenvalue weighted by Gasteiger charge is 2.29. The maximum absolute atomic E-state index is 13.1. The highest BCUT2D eigenvalue weighted by Crippen LogP contribution is 2.34. The van der Waals surface area contributed by atoms with Gasteiger partial charge in [-0.3, -0.25) is 9.59 Å². The fourth-order valence-corrected chi connectivity index (χ4v) is 4.13. The number of amides is 2. The second-order valence-electron chi connectivity index (χ2n) is 10.7. The van der Waals surface area contributed by atoms with Crippen LogP contribution in [0.2, 0.25) is 0 Å². The van der Waals surface area contributed by atoms with E-state index in [1.807, 2.05) is 30.3 Å². The van der Waals surface area contributed by atoms with Gasteiger partial charge in [-0.05, 0) is 71.9 Å². The third-order valence-corrected chi connectivity index (χ3v) is 6.50. The van der Waals surface area contributed by atoms with E-state index in [4.69, 9.17) is 15.2 Å². The number of carbonyl (C=O) groups excluding carboxylic acids is 2. The average molecular weight is 513 g/mol. The molecule has 0 bridgehead atoms. The van der Waals surface area contributed by atoms with Gasteiger partial charge in [0.25, 0.3) is 5.91 Å². The molecule has 2 heterocycles. The van der Waals surface area contributed by atoms with Gasteiger partial charge in [0.05, 0.1) is 5.57 Å². The Morgan fingerprint density at radius 2 is 1.84 bits per heavy atom. The van der Waals surface area contributed by atoms with Crippen molar-refractivity contribution >= 4 is 29.4 Å². The molecule has 0 atom stereocenters. The van der Waals surface area contributed by atoms with E-state index < -0.39 is 0 Å². The summed E-state index contributed by atoms with van der Waals surface area (Å²) in [5.41, 5.74) is 9.81. The molecule has 1 aliphatic heterocycles. The van der Waals surface area contributed by atoms with Gasteiger partial charge in [0, 0.05) is 36.0 Å². The molecule has 8 heteroatoms.